The van der Waals surface area contributed by atoms with Crippen LogP contribution < -0.4 is 4.74 Å². The van der Waals surface area contributed by atoms with E-state index in [2.05, 4.69) is 70.9 Å². The van der Waals surface area contributed by atoms with Crippen LogP contribution in [0, 0.1) is 0 Å². The molecule has 0 radical (unpaired) electrons. The van der Waals surface area contributed by atoms with Crippen LogP contribution in [-0.4, -0.2) is 40.8 Å². The van der Waals surface area contributed by atoms with E-state index in [1.165, 1.54) is 16.7 Å². The number of ether oxygens (including phenoxy) is 2. The van der Waals surface area contributed by atoms with Gasteiger partial charge in [0.15, 0.2) is 0 Å². The smallest absolute Gasteiger partial charge is 0.122 e. The van der Waals surface area contributed by atoms with E-state index in [4.69, 9.17) is 9.47 Å². The van der Waals surface area contributed by atoms with Gasteiger partial charge in [-0.1, -0.05) is 43.3 Å². The first-order valence-electron chi connectivity index (χ1n) is 11.3. The van der Waals surface area contributed by atoms with Crippen molar-refractivity contribution in [2.75, 3.05) is 20.3 Å². The summed E-state index contributed by atoms with van der Waals surface area (Å²) >= 11 is 0. The highest BCUT2D eigenvalue weighted by Gasteiger charge is 2.28. The largest absolute Gasteiger partial charge is 0.497 e. The second-order valence-corrected chi connectivity index (χ2v) is 8.08. The van der Waals surface area contributed by atoms with Crippen molar-refractivity contribution >= 4 is 0 Å². The lowest BCUT2D eigenvalue weighted by atomic mass is 9.94. The molecule has 4 rings (SSSR count). The molecule has 0 amide bonds. The number of benzene rings is 2. The zero-order chi connectivity index (χ0) is 21.6. The first-order chi connectivity index (χ1) is 15.2. The van der Waals surface area contributed by atoms with Gasteiger partial charge in [-0.3, -0.25) is 4.90 Å². The highest BCUT2D eigenvalue weighted by atomic mass is 16.5. The Balaban J connectivity index is 1.43. The van der Waals surface area contributed by atoms with Gasteiger partial charge in [0.05, 0.1) is 19.8 Å². The van der Waals surface area contributed by atoms with Crippen molar-refractivity contribution in [2.45, 2.75) is 51.9 Å². The predicted molar refractivity (Wildman–Crippen MR) is 124 cm³/mol. The maximum absolute atomic E-state index is 6.18. The first-order valence-corrected chi connectivity index (χ1v) is 11.3. The minimum atomic E-state index is 0.142. The average Bonchev–Trinajstić information content (AvgIpc) is 3.30. The third-order valence-corrected chi connectivity index (χ3v) is 6.37. The highest BCUT2D eigenvalue weighted by Crippen LogP contribution is 2.32. The molecule has 3 aromatic rings. The highest BCUT2D eigenvalue weighted by molar-refractivity contribution is 5.64. The molecule has 2 heterocycles. The van der Waals surface area contributed by atoms with E-state index in [-0.39, 0.29) is 6.10 Å². The molecule has 0 unspecified atom stereocenters. The molecular weight excluding hydrogens is 386 g/mol. The Labute approximate surface area is 185 Å². The van der Waals surface area contributed by atoms with Gasteiger partial charge < -0.3 is 14.0 Å². The lowest BCUT2D eigenvalue weighted by molar-refractivity contribution is -0.0301. The zero-order valence-corrected chi connectivity index (χ0v) is 18.8. The van der Waals surface area contributed by atoms with E-state index >= 15 is 0 Å². The van der Waals surface area contributed by atoms with Gasteiger partial charge >= 0.3 is 0 Å². The number of hydrogen-bond donors (Lipinski definition) is 0. The van der Waals surface area contributed by atoms with Gasteiger partial charge in [-0.2, -0.15) is 0 Å². The Morgan fingerprint density at radius 2 is 1.77 bits per heavy atom. The second kappa shape index (κ2) is 10.1. The second-order valence-electron chi connectivity index (χ2n) is 8.08. The molecule has 1 fully saturated rings. The fourth-order valence-corrected chi connectivity index (χ4v) is 4.48. The van der Waals surface area contributed by atoms with Crippen molar-refractivity contribution in [3.05, 3.63) is 72.3 Å². The number of methoxy groups -OCH3 is 1. The molecule has 0 bridgehead atoms. The molecule has 5 nitrogen and oxygen atoms in total. The Hall–Kier alpha value is -2.63. The third kappa shape index (κ3) is 5.00. The molecule has 1 aliphatic rings. The minimum absolute atomic E-state index is 0.142. The summed E-state index contributed by atoms with van der Waals surface area (Å²) in [6, 6.07) is 17.5. The van der Waals surface area contributed by atoms with Crippen molar-refractivity contribution < 1.29 is 9.47 Å². The Kier molecular flexibility index (Phi) is 7.05. The number of hydrogen-bond acceptors (Lipinski definition) is 4. The normalized spacial score (nSPS) is 19.0. The van der Waals surface area contributed by atoms with E-state index < -0.39 is 0 Å². The van der Waals surface area contributed by atoms with Crippen molar-refractivity contribution in [3.63, 3.8) is 0 Å². The molecule has 0 aliphatic carbocycles. The van der Waals surface area contributed by atoms with Crippen LogP contribution in [0.4, 0.5) is 0 Å². The van der Waals surface area contributed by atoms with E-state index in [1.54, 1.807) is 7.11 Å². The lowest BCUT2D eigenvalue weighted by Crippen LogP contribution is -2.40. The molecule has 0 spiro atoms. The zero-order valence-electron chi connectivity index (χ0n) is 18.8. The molecular formula is C26H33N3O2. The van der Waals surface area contributed by atoms with Crippen LogP contribution in [0.1, 0.15) is 44.2 Å². The summed E-state index contributed by atoms with van der Waals surface area (Å²) in [6.07, 6.45) is 6.21. The van der Waals surface area contributed by atoms with Gasteiger partial charge in [-0.15, -0.1) is 0 Å². The quantitative estimate of drug-likeness (QED) is 0.495. The fourth-order valence-electron chi connectivity index (χ4n) is 4.48. The number of rotatable bonds is 8. The number of nitrogens with zero attached hydrogens (tertiary/aromatic N) is 3. The molecule has 164 valence electrons. The molecule has 1 saturated heterocycles. The SMILES string of the molecule is CCN(Cc1nccn1CC)[C@H]1CCO[C@@H](c2ccc(-c3ccc(OC)cc3)cc2)C1. The van der Waals surface area contributed by atoms with E-state index in [1.807, 2.05) is 18.3 Å². The van der Waals surface area contributed by atoms with Crippen LogP contribution in [-0.2, 0) is 17.8 Å². The molecule has 31 heavy (non-hydrogen) atoms. The number of imidazole rings is 1. The van der Waals surface area contributed by atoms with Crippen LogP contribution >= 0.6 is 0 Å². The minimum Gasteiger partial charge on any atom is -0.497 e. The maximum Gasteiger partial charge on any atom is 0.122 e. The van der Waals surface area contributed by atoms with Crippen molar-refractivity contribution in [1.29, 1.82) is 0 Å². The van der Waals surface area contributed by atoms with Gasteiger partial charge in [0.25, 0.3) is 0 Å². The molecule has 2 aromatic carbocycles. The monoisotopic (exact) mass is 419 g/mol. The maximum atomic E-state index is 6.18. The summed E-state index contributed by atoms with van der Waals surface area (Å²) in [7, 11) is 1.69. The summed E-state index contributed by atoms with van der Waals surface area (Å²) in [6.45, 7) is 8.09. The van der Waals surface area contributed by atoms with Gasteiger partial charge in [0.2, 0.25) is 0 Å². The molecule has 5 heteroatoms. The molecule has 0 N–H and O–H groups in total. The predicted octanol–water partition coefficient (Wildman–Crippen LogP) is 5.32. The third-order valence-electron chi connectivity index (χ3n) is 6.37. The number of aromatic nitrogens is 2. The average molecular weight is 420 g/mol. The van der Waals surface area contributed by atoms with Crippen molar-refractivity contribution in [1.82, 2.24) is 14.5 Å². The standard InChI is InChI=1S/C26H33N3O2/c1-4-28-16-15-27-26(28)19-29(5-2)23-14-17-31-25(18-23)22-8-6-20(7-9-22)21-10-12-24(30-3)13-11-21/h6-13,15-16,23,25H,4-5,14,17-19H2,1-3H3/t23-,25+/m0/s1. The molecule has 2 atom stereocenters. The topological polar surface area (TPSA) is 39.5 Å². The van der Waals surface area contributed by atoms with E-state index in [0.717, 1.165) is 50.7 Å². The molecule has 1 aromatic heterocycles. The Morgan fingerprint density at radius 1 is 1.06 bits per heavy atom. The lowest BCUT2D eigenvalue weighted by Gasteiger charge is -2.37. The van der Waals surface area contributed by atoms with E-state index in [9.17, 15) is 0 Å². The van der Waals surface area contributed by atoms with Crippen LogP contribution in [0.15, 0.2) is 60.9 Å². The van der Waals surface area contributed by atoms with Crippen molar-refractivity contribution in [3.8, 4) is 16.9 Å². The van der Waals surface area contributed by atoms with Gasteiger partial charge in [-0.25, -0.2) is 4.98 Å². The van der Waals surface area contributed by atoms with Gasteiger partial charge in [-0.05, 0) is 55.1 Å². The van der Waals surface area contributed by atoms with Gasteiger partial charge in [0.1, 0.15) is 11.6 Å². The Bertz CT molecular complexity index is 950. The summed E-state index contributed by atoms with van der Waals surface area (Å²) in [5, 5.41) is 0. The Morgan fingerprint density at radius 3 is 2.42 bits per heavy atom. The summed E-state index contributed by atoms with van der Waals surface area (Å²) in [5.74, 6) is 2.03. The molecule has 0 saturated carbocycles. The first kappa shape index (κ1) is 21.6. The van der Waals surface area contributed by atoms with Crippen LogP contribution in [0.25, 0.3) is 11.1 Å². The van der Waals surface area contributed by atoms with Crippen LogP contribution in [0.5, 0.6) is 5.75 Å². The summed E-state index contributed by atoms with van der Waals surface area (Å²) < 4.78 is 13.7. The molecule has 1 aliphatic heterocycles. The van der Waals surface area contributed by atoms with Crippen molar-refractivity contribution in [2.24, 2.45) is 0 Å². The fraction of sp³-hybridized carbons (Fsp3) is 0.423. The van der Waals surface area contributed by atoms with Crippen LogP contribution in [0.2, 0.25) is 0 Å². The number of aryl methyl sites for hydroxylation is 1. The van der Waals surface area contributed by atoms with E-state index in [0.29, 0.717) is 6.04 Å². The summed E-state index contributed by atoms with van der Waals surface area (Å²) in [5.41, 5.74) is 3.66. The summed E-state index contributed by atoms with van der Waals surface area (Å²) in [4.78, 5) is 7.13. The van der Waals surface area contributed by atoms with Crippen LogP contribution in [0.3, 0.4) is 0 Å². The van der Waals surface area contributed by atoms with Gasteiger partial charge in [0, 0.05) is 31.6 Å².